The van der Waals surface area contributed by atoms with E-state index in [-0.39, 0.29) is 5.91 Å². The van der Waals surface area contributed by atoms with Gasteiger partial charge in [-0.1, -0.05) is 30.7 Å². The minimum Gasteiger partial charge on any atom is -0.451 e. The third-order valence-corrected chi connectivity index (χ3v) is 4.93. The molecular weight excluding hydrogens is 324 g/mol. The second kappa shape index (κ2) is 7.86. The molecule has 1 aliphatic heterocycles. The molecule has 0 saturated carbocycles. The van der Waals surface area contributed by atoms with Gasteiger partial charge >= 0.3 is 0 Å². The van der Waals surface area contributed by atoms with Crippen molar-refractivity contribution in [1.82, 2.24) is 10.2 Å². The van der Waals surface area contributed by atoms with Crippen LogP contribution >= 0.6 is 11.6 Å². The van der Waals surface area contributed by atoms with E-state index in [9.17, 15) is 4.79 Å². The van der Waals surface area contributed by atoms with Crippen molar-refractivity contribution >= 4 is 17.5 Å². The number of nitrogens with one attached hydrogen (secondary N) is 1. The van der Waals surface area contributed by atoms with Gasteiger partial charge in [-0.3, -0.25) is 9.69 Å². The maximum Gasteiger partial charge on any atom is 0.287 e. The van der Waals surface area contributed by atoms with Crippen LogP contribution in [0.2, 0.25) is 5.02 Å². The minimum atomic E-state index is -0.175. The number of amides is 1. The highest BCUT2D eigenvalue weighted by atomic mass is 35.5. The number of halogens is 1. The third kappa shape index (κ3) is 3.82. The Morgan fingerprint density at radius 2 is 2.00 bits per heavy atom. The van der Waals surface area contributed by atoms with Crippen molar-refractivity contribution in [1.29, 1.82) is 0 Å². The molecule has 2 aromatic rings. The van der Waals surface area contributed by atoms with Gasteiger partial charge in [-0.15, -0.1) is 0 Å². The third-order valence-electron chi connectivity index (χ3n) is 4.60. The number of likely N-dealkylation sites (tertiary alicyclic amines) is 1. The van der Waals surface area contributed by atoms with Crippen molar-refractivity contribution < 1.29 is 9.21 Å². The number of rotatable bonds is 6. The standard InChI is InChI=1S/C19H23ClN2O2/c1-2-14(22-11-5-6-12-22)13-21-19(23)18-10-9-17(24-18)15-7-3-4-8-16(15)20/h3-4,7-10,14H,2,5-6,11-13H2,1H3,(H,21,23)/t14-/m0/s1. The smallest absolute Gasteiger partial charge is 0.287 e. The first-order valence-electron chi connectivity index (χ1n) is 8.56. The summed E-state index contributed by atoms with van der Waals surface area (Å²) in [6, 6.07) is 11.3. The lowest BCUT2D eigenvalue weighted by Gasteiger charge is -2.26. The van der Waals surface area contributed by atoms with Crippen LogP contribution in [-0.2, 0) is 0 Å². The molecule has 128 valence electrons. The molecule has 1 saturated heterocycles. The number of benzene rings is 1. The molecule has 1 aromatic carbocycles. The van der Waals surface area contributed by atoms with Gasteiger partial charge < -0.3 is 9.73 Å². The highest BCUT2D eigenvalue weighted by molar-refractivity contribution is 6.33. The molecule has 3 rings (SSSR count). The molecular formula is C19H23ClN2O2. The van der Waals surface area contributed by atoms with Gasteiger partial charge in [0.05, 0.1) is 5.02 Å². The predicted octanol–water partition coefficient (Wildman–Crippen LogP) is 4.20. The van der Waals surface area contributed by atoms with Gasteiger partial charge in [0.15, 0.2) is 5.76 Å². The fourth-order valence-electron chi connectivity index (χ4n) is 3.20. The first kappa shape index (κ1) is 17.1. The van der Waals surface area contributed by atoms with Crippen molar-refractivity contribution in [3.8, 4) is 11.3 Å². The average Bonchev–Trinajstić information content (AvgIpc) is 3.27. The van der Waals surface area contributed by atoms with E-state index in [1.807, 2.05) is 18.2 Å². The van der Waals surface area contributed by atoms with Gasteiger partial charge in [0.2, 0.25) is 0 Å². The van der Waals surface area contributed by atoms with Gasteiger partial charge in [-0.2, -0.15) is 0 Å². The van der Waals surface area contributed by atoms with Crippen LogP contribution in [0.3, 0.4) is 0 Å². The van der Waals surface area contributed by atoms with Crippen LogP contribution < -0.4 is 5.32 Å². The van der Waals surface area contributed by atoms with Gasteiger partial charge in [0.25, 0.3) is 5.91 Å². The van der Waals surface area contributed by atoms with Crippen molar-refractivity contribution in [2.45, 2.75) is 32.2 Å². The summed E-state index contributed by atoms with van der Waals surface area (Å²) in [5.74, 6) is 0.754. The number of carbonyl (C=O) groups excluding carboxylic acids is 1. The fraction of sp³-hybridized carbons (Fsp3) is 0.421. The van der Waals surface area contributed by atoms with E-state index < -0.39 is 0 Å². The topological polar surface area (TPSA) is 45.5 Å². The first-order chi connectivity index (χ1) is 11.7. The zero-order valence-electron chi connectivity index (χ0n) is 13.9. The second-order valence-corrected chi connectivity index (χ2v) is 6.57. The highest BCUT2D eigenvalue weighted by Crippen LogP contribution is 2.29. The molecule has 0 bridgehead atoms. The maximum atomic E-state index is 12.4. The van der Waals surface area contributed by atoms with E-state index in [2.05, 4.69) is 17.1 Å². The molecule has 0 spiro atoms. The van der Waals surface area contributed by atoms with Crippen LogP contribution in [0.5, 0.6) is 0 Å². The lowest BCUT2D eigenvalue weighted by molar-refractivity contribution is 0.0910. The van der Waals surface area contributed by atoms with Gasteiger partial charge in [0, 0.05) is 18.2 Å². The Hall–Kier alpha value is -1.78. The van der Waals surface area contributed by atoms with Gasteiger partial charge in [-0.25, -0.2) is 0 Å². The Morgan fingerprint density at radius 1 is 1.25 bits per heavy atom. The van der Waals surface area contributed by atoms with Crippen LogP contribution in [-0.4, -0.2) is 36.5 Å². The Kier molecular flexibility index (Phi) is 5.59. The molecule has 2 heterocycles. The summed E-state index contributed by atoms with van der Waals surface area (Å²) in [5, 5.41) is 3.61. The van der Waals surface area contributed by atoms with Crippen LogP contribution in [0.1, 0.15) is 36.7 Å². The minimum absolute atomic E-state index is 0.175. The zero-order valence-corrected chi connectivity index (χ0v) is 14.7. The SMILES string of the molecule is CC[C@@H](CNC(=O)c1ccc(-c2ccccc2Cl)o1)N1CCCC1. The molecule has 1 aliphatic rings. The number of carbonyl (C=O) groups is 1. The van der Waals surface area contributed by atoms with E-state index in [0.717, 1.165) is 25.1 Å². The highest BCUT2D eigenvalue weighted by Gasteiger charge is 2.21. The van der Waals surface area contributed by atoms with E-state index in [1.54, 1.807) is 18.2 Å². The van der Waals surface area contributed by atoms with Crippen LogP contribution in [0, 0.1) is 0 Å². The summed E-state index contributed by atoms with van der Waals surface area (Å²) in [7, 11) is 0. The van der Waals surface area contributed by atoms with Crippen LogP contribution in [0.25, 0.3) is 11.3 Å². The van der Waals surface area contributed by atoms with Gasteiger partial charge in [-0.05, 0) is 56.6 Å². The molecule has 1 aromatic heterocycles. The zero-order chi connectivity index (χ0) is 16.9. The molecule has 24 heavy (non-hydrogen) atoms. The van der Waals surface area contributed by atoms with Gasteiger partial charge in [0.1, 0.15) is 5.76 Å². The quantitative estimate of drug-likeness (QED) is 0.852. The fourth-order valence-corrected chi connectivity index (χ4v) is 3.43. The van der Waals surface area contributed by atoms with Crippen molar-refractivity contribution in [3.63, 3.8) is 0 Å². The summed E-state index contributed by atoms with van der Waals surface area (Å²) >= 11 is 6.18. The van der Waals surface area contributed by atoms with Crippen LogP contribution in [0.15, 0.2) is 40.8 Å². The van der Waals surface area contributed by atoms with E-state index in [1.165, 1.54) is 12.8 Å². The van der Waals surface area contributed by atoms with E-state index in [0.29, 0.717) is 29.1 Å². The largest absolute Gasteiger partial charge is 0.451 e. The Balaban J connectivity index is 1.62. The molecule has 0 aliphatic carbocycles. The monoisotopic (exact) mass is 346 g/mol. The maximum absolute atomic E-state index is 12.4. The van der Waals surface area contributed by atoms with Crippen molar-refractivity contribution in [2.24, 2.45) is 0 Å². The van der Waals surface area contributed by atoms with E-state index >= 15 is 0 Å². The molecule has 1 fully saturated rings. The van der Waals surface area contributed by atoms with Crippen molar-refractivity contribution in [2.75, 3.05) is 19.6 Å². The molecule has 4 nitrogen and oxygen atoms in total. The lowest BCUT2D eigenvalue weighted by atomic mass is 10.2. The summed E-state index contributed by atoms with van der Waals surface area (Å²) in [5.41, 5.74) is 0.793. The van der Waals surface area contributed by atoms with Crippen molar-refractivity contribution in [3.05, 3.63) is 47.2 Å². The number of hydrogen-bond acceptors (Lipinski definition) is 3. The molecule has 0 radical (unpaired) electrons. The number of furan rings is 1. The normalized spacial score (nSPS) is 16.2. The summed E-state index contributed by atoms with van der Waals surface area (Å²) < 4.78 is 5.69. The molecule has 1 amide bonds. The number of hydrogen-bond donors (Lipinski definition) is 1. The Bertz CT molecular complexity index is 692. The number of nitrogens with zero attached hydrogens (tertiary/aromatic N) is 1. The average molecular weight is 347 g/mol. The first-order valence-corrected chi connectivity index (χ1v) is 8.94. The lowest BCUT2D eigenvalue weighted by Crippen LogP contribution is -2.42. The molecule has 1 atom stereocenters. The summed E-state index contributed by atoms with van der Waals surface area (Å²) in [4.78, 5) is 14.8. The Morgan fingerprint density at radius 3 is 2.71 bits per heavy atom. The summed E-state index contributed by atoms with van der Waals surface area (Å²) in [6.07, 6.45) is 3.54. The molecule has 1 N–H and O–H groups in total. The molecule has 0 unspecified atom stereocenters. The molecule has 5 heteroatoms. The second-order valence-electron chi connectivity index (χ2n) is 6.16. The summed E-state index contributed by atoms with van der Waals surface area (Å²) in [6.45, 7) is 5.08. The predicted molar refractivity (Wildman–Crippen MR) is 96.4 cm³/mol. The van der Waals surface area contributed by atoms with E-state index in [4.69, 9.17) is 16.0 Å². The Labute approximate surface area is 147 Å². The van der Waals surface area contributed by atoms with Crippen LogP contribution in [0.4, 0.5) is 0 Å².